The van der Waals surface area contributed by atoms with Crippen LogP contribution in [0.3, 0.4) is 0 Å². The number of benzene rings is 1. The zero-order chi connectivity index (χ0) is 14.1. The van der Waals surface area contributed by atoms with E-state index in [4.69, 9.17) is 26.8 Å². The van der Waals surface area contributed by atoms with Crippen LogP contribution >= 0.6 is 11.6 Å². The second-order valence-corrected chi connectivity index (χ2v) is 5.14. The molecule has 2 heterocycles. The van der Waals surface area contributed by atoms with E-state index in [1.54, 1.807) is 4.68 Å². The third-order valence-electron chi connectivity index (χ3n) is 3.02. The summed E-state index contributed by atoms with van der Waals surface area (Å²) in [6, 6.07) is 3.63. The minimum Gasteiger partial charge on any atom is -0.486 e. The largest absolute Gasteiger partial charge is 0.486 e. The molecule has 2 N–H and O–H groups in total. The molecule has 20 heavy (non-hydrogen) atoms. The molecule has 0 bridgehead atoms. The Kier molecular flexibility index (Phi) is 3.50. The summed E-state index contributed by atoms with van der Waals surface area (Å²) in [6.45, 7) is 3.48. The van der Waals surface area contributed by atoms with Crippen LogP contribution in [-0.2, 0) is 6.54 Å². The standard InChI is InChI=1S/C13H15ClN4O2/c1-8(15)11-7-18(17-16-11)6-9-4-10(14)13-12(5-9)19-2-3-20-13/h4-5,7-8H,2-3,6,15H2,1H3. The summed E-state index contributed by atoms with van der Waals surface area (Å²) in [5, 5.41) is 8.61. The fourth-order valence-corrected chi connectivity index (χ4v) is 2.33. The van der Waals surface area contributed by atoms with Crippen molar-refractivity contribution in [3.8, 4) is 11.5 Å². The second kappa shape index (κ2) is 5.30. The van der Waals surface area contributed by atoms with Crippen molar-refractivity contribution >= 4 is 11.6 Å². The number of halogens is 1. The smallest absolute Gasteiger partial charge is 0.179 e. The number of aromatic nitrogens is 3. The molecule has 106 valence electrons. The minimum absolute atomic E-state index is 0.132. The molecule has 7 heteroatoms. The van der Waals surface area contributed by atoms with Gasteiger partial charge in [0.25, 0.3) is 0 Å². The van der Waals surface area contributed by atoms with Gasteiger partial charge in [-0.2, -0.15) is 0 Å². The van der Waals surface area contributed by atoms with Crippen molar-refractivity contribution in [1.29, 1.82) is 0 Å². The Morgan fingerprint density at radius 1 is 1.40 bits per heavy atom. The van der Waals surface area contributed by atoms with Gasteiger partial charge in [-0.15, -0.1) is 5.10 Å². The molecule has 1 aromatic heterocycles. The number of nitrogens with two attached hydrogens (primary N) is 1. The van der Waals surface area contributed by atoms with Gasteiger partial charge in [-0.1, -0.05) is 16.8 Å². The molecule has 1 aliphatic rings. The predicted octanol–water partition coefficient (Wildman–Crippen LogP) is 1.77. The van der Waals surface area contributed by atoms with E-state index in [1.165, 1.54) is 0 Å². The van der Waals surface area contributed by atoms with Crippen LogP contribution < -0.4 is 15.2 Å². The van der Waals surface area contributed by atoms with Crippen molar-refractivity contribution in [2.24, 2.45) is 5.73 Å². The van der Waals surface area contributed by atoms with Gasteiger partial charge in [-0.3, -0.25) is 0 Å². The lowest BCUT2D eigenvalue weighted by Crippen LogP contribution is -2.16. The van der Waals surface area contributed by atoms with Gasteiger partial charge in [0, 0.05) is 6.04 Å². The maximum absolute atomic E-state index is 6.20. The molecule has 1 atom stereocenters. The van der Waals surface area contributed by atoms with Crippen molar-refractivity contribution in [2.45, 2.75) is 19.5 Å². The lowest BCUT2D eigenvalue weighted by Gasteiger charge is -2.20. The third kappa shape index (κ3) is 2.57. The van der Waals surface area contributed by atoms with Crippen LogP contribution in [-0.4, -0.2) is 28.2 Å². The number of nitrogens with zero attached hydrogens (tertiary/aromatic N) is 3. The molecule has 0 amide bonds. The molecule has 6 nitrogen and oxygen atoms in total. The van der Waals surface area contributed by atoms with Crippen molar-refractivity contribution in [1.82, 2.24) is 15.0 Å². The lowest BCUT2D eigenvalue weighted by atomic mass is 10.2. The normalized spacial score (nSPS) is 15.2. The Morgan fingerprint density at radius 3 is 2.95 bits per heavy atom. The van der Waals surface area contributed by atoms with Crippen LogP contribution in [0.1, 0.15) is 24.2 Å². The summed E-state index contributed by atoms with van der Waals surface area (Å²) in [6.07, 6.45) is 1.83. The average molecular weight is 295 g/mol. The van der Waals surface area contributed by atoms with E-state index in [2.05, 4.69) is 10.3 Å². The zero-order valence-corrected chi connectivity index (χ0v) is 11.8. The minimum atomic E-state index is -0.132. The molecule has 1 aromatic carbocycles. The molecule has 1 aliphatic heterocycles. The summed E-state index contributed by atoms with van der Waals surface area (Å²) in [5.74, 6) is 1.28. The fraction of sp³-hybridized carbons (Fsp3) is 0.385. The van der Waals surface area contributed by atoms with Gasteiger partial charge < -0.3 is 15.2 Å². The SMILES string of the molecule is CC(N)c1cn(Cc2cc(Cl)c3c(c2)OCCO3)nn1. The average Bonchev–Trinajstić information content (AvgIpc) is 2.87. The van der Waals surface area contributed by atoms with Crippen molar-refractivity contribution < 1.29 is 9.47 Å². The van der Waals surface area contributed by atoms with E-state index in [0.29, 0.717) is 36.3 Å². The number of hydrogen-bond donors (Lipinski definition) is 1. The Hall–Kier alpha value is -1.79. The second-order valence-electron chi connectivity index (χ2n) is 4.73. The van der Waals surface area contributed by atoms with Crippen molar-refractivity contribution in [3.05, 3.63) is 34.6 Å². The highest BCUT2D eigenvalue weighted by Gasteiger charge is 2.17. The maximum Gasteiger partial charge on any atom is 0.179 e. The maximum atomic E-state index is 6.20. The molecule has 3 rings (SSSR count). The first-order valence-corrected chi connectivity index (χ1v) is 6.75. The first kappa shape index (κ1) is 13.2. The topological polar surface area (TPSA) is 75.2 Å². The van der Waals surface area contributed by atoms with Gasteiger partial charge in [0.05, 0.1) is 23.5 Å². The molecule has 0 saturated carbocycles. The molecule has 0 saturated heterocycles. The van der Waals surface area contributed by atoms with Crippen LogP contribution in [0.4, 0.5) is 0 Å². The highest BCUT2D eigenvalue weighted by molar-refractivity contribution is 6.32. The Bertz CT molecular complexity index is 627. The lowest BCUT2D eigenvalue weighted by molar-refractivity contribution is 0.171. The molecule has 0 aliphatic carbocycles. The van der Waals surface area contributed by atoms with Gasteiger partial charge in [0.15, 0.2) is 11.5 Å². The van der Waals surface area contributed by atoms with E-state index < -0.39 is 0 Å². The van der Waals surface area contributed by atoms with Crippen LogP contribution in [0.2, 0.25) is 5.02 Å². The number of rotatable bonds is 3. The summed E-state index contributed by atoms with van der Waals surface area (Å²) in [7, 11) is 0. The third-order valence-corrected chi connectivity index (χ3v) is 3.30. The highest BCUT2D eigenvalue weighted by Crippen LogP contribution is 2.38. The van der Waals surface area contributed by atoms with Gasteiger partial charge in [-0.05, 0) is 24.6 Å². The van der Waals surface area contributed by atoms with E-state index in [0.717, 1.165) is 11.3 Å². The van der Waals surface area contributed by atoms with Crippen molar-refractivity contribution in [2.75, 3.05) is 13.2 Å². The predicted molar refractivity (Wildman–Crippen MR) is 74.2 cm³/mol. The van der Waals surface area contributed by atoms with Crippen molar-refractivity contribution in [3.63, 3.8) is 0 Å². The quantitative estimate of drug-likeness (QED) is 0.934. The summed E-state index contributed by atoms with van der Waals surface area (Å²) >= 11 is 6.20. The molecule has 1 unspecified atom stereocenters. The summed E-state index contributed by atoms with van der Waals surface area (Å²) in [5.41, 5.74) is 7.49. The van der Waals surface area contributed by atoms with Crippen LogP contribution in [0.5, 0.6) is 11.5 Å². The van der Waals surface area contributed by atoms with Crippen LogP contribution in [0.25, 0.3) is 0 Å². The zero-order valence-electron chi connectivity index (χ0n) is 11.0. The molecular formula is C13H15ClN4O2. The summed E-state index contributed by atoms with van der Waals surface area (Å²) < 4.78 is 12.8. The molecular weight excluding hydrogens is 280 g/mol. The fourth-order valence-electron chi connectivity index (χ4n) is 2.04. The highest BCUT2D eigenvalue weighted by atomic mass is 35.5. The van der Waals surface area contributed by atoms with Crippen LogP contribution in [0, 0.1) is 0 Å². The van der Waals surface area contributed by atoms with E-state index in [1.807, 2.05) is 25.3 Å². The van der Waals surface area contributed by atoms with Gasteiger partial charge in [0.1, 0.15) is 13.2 Å². The number of fused-ring (bicyclic) bond motifs is 1. The van der Waals surface area contributed by atoms with Gasteiger partial charge >= 0.3 is 0 Å². The molecule has 2 aromatic rings. The first-order chi connectivity index (χ1) is 9.63. The monoisotopic (exact) mass is 294 g/mol. The van der Waals surface area contributed by atoms with E-state index >= 15 is 0 Å². The Morgan fingerprint density at radius 2 is 2.20 bits per heavy atom. The Balaban J connectivity index is 1.85. The van der Waals surface area contributed by atoms with Gasteiger partial charge in [0.2, 0.25) is 0 Å². The molecule has 0 fully saturated rings. The van der Waals surface area contributed by atoms with E-state index in [-0.39, 0.29) is 6.04 Å². The number of hydrogen-bond acceptors (Lipinski definition) is 5. The molecule has 0 spiro atoms. The van der Waals surface area contributed by atoms with Gasteiger partial charge in [-0.25, -0.2) is 4.68 Å². The Labute approximate surface area is 121 Å². The summed E-state index contributed by atoms with van der Waals surface area (Å²) in [4.78, 5) is 0. The molecule has 0 radical (unpaired) electrons. The van der Waals surface area contributed by atoms with E-state index in [9.17, 15) is 0 Å². The van der Waals surface area contributed by atoms with Crippen LogP contribution in [0.15, 0.2) is 18.3 Å². The first-order valence-electron chi connectivity index (χ1n) is 6.37. The number of ether oxygens (including phenoxy) is 2.